The summed E-state index contributed by atoms with van der Waals surface area (Å²) in [5.41, 5.74) is 3.97. The Hall–Kier alpha value is -2.86. The molecule has 148 valence electrons. The molecule has 0 aromatic heterocycles. The summed E-state index contributed by atoms with van der Waals surface area (Å²) in [7, 11) is 1.84. The summed E-state index contributed by atoms with van der Waals surface area (Å²) in [5, 5.41) is 2.73. The molecular formula is C22H27N3O3. The smallest absolute Gasteiger partial charge is 0.227 e. The number of likely N-dealkylation sites (N-methyl/N-ethyl adjacent to an activating group) is 1. The van der Waals surface area contributed by atoms with E-state index < -0.39 is 0 Å². The maximum Gasteiger partial charge on any atom is 0.227 e. The van der Waals surface area contributed by atoms with Gasteiger partial charge in [0.1, 0.15) is 0 Å². The van der Waals surface area contributed by atoms with E-state index in [1.165, 1.54) is 12.6 Å². The maximum absolute atomic E-state index is 12.7. The Labute approximate surface area is 166 Å². The third-order valence-electron chi connectivity index (χ3n) is 4.81. The number of anilines is 2. The van der Waals surface area contributed by atoms with Gasteiger partial charge in [0.25, 0.3) is 0 Å². The zero-order valence-electron chi connectivity index (χ0n) is 16.5. The number of nitrogens with zero attached hydrogens (tertiary/aromatic N) is 2. The van der Waals surface area contributed by atoms with Crippen LogP contribution in [-0.2, 0) is 27.3 Å². The molecule has 0 radical (unpaired) electrons. The summed E-state index contributed by atoms with van der Waals surface area (Å²) in [6, 6.07) is 15.6. The van der Waals surface area contributed by atoms with E-state index in [4.69, 9.17) is 4.74 Å². The molecule has 2 amide bonds. The van der Waals surface area contributed by atoms with Crippen LogP contribution in [-0.4, -0.2) is 50.1 Å². The van der Waals surface area contributed by atoms with Gasteiger partial charge in [-0.15, -0.1) is 0 Å². The highest BCUT2D eigenvalue weighted by Gasteiger charge is 2.17. The first-order valence-corrected chi connectivity index (χ1v) is 9.54. The van der Waals surface area contributed by atoms with Crippen molar-refractivity contribution in [2.24, 2.45) is 0 Å². The van der Waals surface area contributed by atoms with Crippen LogP contribution in [0.5, 0.6) is 0 Å². The summed E-state index contributed by atoms with van der Waals surface area (Å²) in [6.07, 6.45) is 0.330. The van der Waals surface area contributed by atoms with Crippen LogP contribution in [0, 0.1) is 0 Å². The molecule has 0 saturated carbocycles. The number of hydrogen-bond donors (Lipinski definition) is 1. The van der Waals surface area contributed by atoms with E-state index in [1.54, 1.807) is 4.90 Å². The van der Waals surface area contributed by atoms with Crippen LogP contribution < -0.4 is 10.2 Å². The van der Waals surface area contributed by atoms with Gasteiger partial charge < -0.3 is 19.9 Å². The van der Waals surface area contributed by atoms with Crippen LogP contribution >= 0.6 is 0 Å². The lowest BCUT2D eigenvalue weighted by atomic mass is 10.1. The minimum absolute atomic E-state index is 0.0593. The Bertz CT molecular complexity index is 814. The molecule has 1 heterocycles. The lowest BCUT2D eigenvalue weighted by Gasteiger charge is -2.31. The SMILES string of the molecule is CC(=O)Nc1ccc(CC(=O)N(C)Cc2ccccc2N2CCOCC2)cc1. The molecule has 0 bridgehead atoms. The molecule has 0 atom stereocenters. The van der Waals surface area contributed by atoms with Crippen molar-refractivity contribution in [3.63, 3.8) is 0 Å². The first kappa shape index (κ1) is 19.9. The summed E-state index contributed by atoms with van der Waals surface area (Å²) < 4.78 is 5.45. The number of carbonyl (C=O) groups is 2. The molecule has 2 aromatic rings. The van der Waals surface area contributed by atoms with Crippen molar-refractivity contribution >= 4 is 23.2 Å². The number of benzene rings is 2. The highest BCUT2D eigenvalue weighted by Crippen LogP contribution is 2.23. The molecule has 2 aromatic carbocycles. The maximum atomic E-state index is 12.7. The molecule has 1 aliphatic heterocycles. The van der Waals surface area contributed by atoms with Gasteiger partial charge >= 0.3 is 0 Å². The molecule has 0 unspecified atom stereocenters. The first-order chi connectivity index (χ1) is 13.5. The predicted octanol–water partition coefficient (Wildman–Crippen LogP) is 2.68. The minimum Gasteiger partial charge on any atom is -0.378 e. The zero-order valence-corrected chi connectivity index (χ0v) is 16.5. The first-order valence-electron chi connectivity index (χ1n) is 9.54. The van der Waals surface area contributed by atoms with E-state index in [0.29, 0.717) is 13.0 Å². The van der Waals surface area contributed by atoms with Gasteiger partial charge in [0.15, 0.2) is 0 Å². The largest absolute Gasteiger partial charge is 0.378 e. The van der Waals surface area contributed by atoms with Crippen molar-refractivity contribution in [3.05, 3.63) is 59.7 Å². The number of morpholine rings is 1. The zero-order chi connectivity index (χ0) is 19.9. The number of amides is 2. The van der Waals surface area contributed by atoms with Crippen LogP contribution in [0.3, 0.4) is 0 Å². The fourth-order valence-electron chi connectivity index (χ4n) is 3.32. The van der Waals surface area contributed by atoms with Crippen LogP contribution in [0.4, 0.5) is 11.4 Å². The van der Waals surface area contributed by atoms with Gasteiger partial charge in [-0.25, -0.2) is 0 Å². The van der Waals surface area contributed by atoms with Crippen molar-refractivity contribution in [1.82, 2.24) is 4.90 Å². The van der Waals surface area contributed by atoms with E-state index in [2.05, 4.69) is 22.3 Å². The lowest BCUT2D eigenvalue weighted by molar-refractivity contribution is -0.129. The third kappa shape index (κ3) is 5.33. The van der Waals surface area contributed by atoms with Gasteiger partial charge in [-0.05, 0) is 29.3 Å². The van der Waals surface area contributed by atoms with Gasteiger partial charge in [-0.2, -0.15) is 0 Å². The van der Waals surface area contributed by atoms with Gasteiger partial charge in [0.05, 0.1) is 19.6 Å². The van der Waals surface area contributed by atoms with Crippen LogP contribution in [0.1, 0.15) is 18.1 Å². The second kappa shape index (κ2) is 9.37. The topological polar surface area (TPSA) is 61.9 Å². The highest BCUT2D eigenvalue weighted by atomic mass is 16.5. The van der Waals surface area contributed by atoms with E-state index in [1.807, 2.05) is 43.4 Å². The van der Waals surface area contributed by atoms with E-state index in [-0.39, 0.29) is 11.8 Å². The fourth-order valence-corrected chi connectivity index (χ4v) is 3.32. The van der Waals surface area contributed by atoms with Gasteiger partial charge in [0.2, 0.25) is 11.8 Å². The molecule has 0 spiro atoms. The van der Waals surface area contributed by atoms with Gasteiger partial charge in [-0.1, -0.05) is 30.3 Å². The molecule has 1 N–H and O–H groups in total. The number of nitrogens with one attached hydrogen (secondary N) is 1. The quantitative estimate of drug-likeness (QED) is 0.836. The summed E-state index contributed by atoms with van der Waals surface area (Å²) in [6.45, 7) is 5.25. The monoisotopic (exact) mass is 381 g/mol. The molecule has 28 heavy (non-hydrogen) atoms. The highest BCUT2D eigenvalue weighted by molar-refractivity contribution is 5.88. The molecule has 0 aliphatic carbocycles. The second-order valence-corrected chi connectivity index (χ2v) is 7.03. The molecule has 6 heteroatoms. The van der Waals surface area contributed by atoms with Crippen molar-refractivity contribution in [2.75, 3.05) is 43.6 Å². The summed E-state index contributed by atoms with van der Waals surface area (Å²) in [5.74, 6) is -0.0495. The van der Waals surface area contributed by atoms with Crippen LogP contribution in [0.15, 0.2) is 48.5 Å². The van der Waals surface area contributed by atoms with Crippen LogP contribution in [0.25, 0.3) is 0 Å². The number of carbonyl (C=O) groups excluding carboxylic acids is 2. The standard InChI is InChI=1S/C22H27N3O3/c1-17(26)23-20-9-7-18(8-10-20)15-22(27)24(2)16-19-5-3-4-6-21(19)25-11-13-28-14-12-25/h3-10H,11-16H2,1-2H3,(H,23,26). The average Bonchev–Trinajstić information content (AvgIpc) is 2.70. The number of para-hydroxylation sites is 1. The van der Waals surface area contributed by atoms with Crippen molar-refractivity contribution in [1.29, 1.82) is 0 Å². The average molecular weight is 381 g/mol. The Morgan fingerprint density at radius 1 is 1.07 bits per heavy atom. The Kier molecular flexibility index (Phi) is 6.66. The Morgan fingerprint density at radius 2 is 1.75 bits per heavy atom. The number of rotatable bonds is 6. The fraction of sp³-hybridized carbons (Fsp3) is 0.364. The number of ether oxygens (including phenoxy) is 1. The second-order valence-electron chi connectivity index (χ2n) is 7.03. The van der Waals surface area contributed by atoms with Crippen molar-refractivity contribution in [3.8, 4) is 0 Å². The summed E-state index contributed by atoms with van der Waals surface area (Å²) >= 11 is 0. The molecule has 1 fully saturated rings. The van der Waals surface area contributed by atoms with E-state index >= 15 is 0 Å². The van der Waals surface area contributed by atoms with Crippen molar-refractivity contribution in [2.45, 2.75) is 19.9 Å². The summed E-state index contributed by atoms with van der Waals surface area (Å²) in [4.78, 5) is 27.9. The Morgan fingerprint density at radius 3 is 2.43 bits per heavy atom. The molecule has 6 nitrogen and oxygen atoms in total. The molecule has 3 rings (SSSR count). The normalized spacial score (nSPS) is 13.9. The van der Waals surface area contributed by atoms with Crippen LogP contribution in [0.2, 0.25) is 0 Å². The number of hydrogen-bond acceptors (Lipinski definition) is 4. The predicted molar refractivity (Wildman–Crippen MR) is 110 cm³/mol. The Balaban J connectivity index is 1.62. The van der Waals surface area contributed by atoms with E-state index in [0.717, 1.165) is 43.1 Å². The van der Waals surface area contributed by atoms with Gasteiger partial charge in [0, 0.05) is 45.0 Å². The third-order valence-corrected chi connectivity index (χ3v) is 4.81. The molecule has 1 saturated heterocycles. The van der Waals surface area contributed by atoms with E-state index in [9.17, 15) is 9.59 Å². The molecular weight excluding hydrogens is 354 g/mol. The lowest BCUT2D eigenvalue weighted by Crippen LogP contribution is -2.37. The van der Waals surface area contributed by atoms with Gasteiger partial charge in [-0.3, -0.25) is 9.59 Å². The molecule has 1 aliphatic rings. The minimum atomic E-state index is -0.109. The van der Waals surface area contributed by atoms with Crippen molar-refractivity contribution < 1.29 is 14.3 Å².